The van der Waals surface area contributed by atoms with Crippen LogP contribution in [0.3, 0.4) is 0 Å². The highest BCUT2D eigenvalue weighted by atomic mass is 31.2. The maximum absolute atomic E-state index is 11.3. The van der Waals surface area contributed by atoms with Crippen molar-refractivity contribution in [3.05, 3.63) is 0 Å². The molecular formula is C3H3F3NO4P-2. The van der Waals surface area contributed by atoms with E-state index in [9.17, 15) is 32.3 Å². The van der Waals surface area contributed by atoms with E-state index in [0.29, 0.717) is 0 Å². The van der Waals surface area contributed by atoms with E-state index in [1.165, 1.54) is 0 Å². The number of rotatable bonds is 2. The van der Waals surface area contributed by atoms with Crippen molar-refractivity contribution in [3.63, 3.8) is 0 Å². The predicted molar refractivity (Wildman–Crippen MR) is 26.7 cm³/mol. The smallest absolute Gasteiger partial charge is 0.471 e. The van der Waals surface area contributed by atoms with Gasteiger partial charge < -0.3 is 19.7 Å². The molecule has 5 nitrogen and oxygen atoms in total. The minimum atomic E-state index is -5.17. The lowest BCUT2D eigenvalue weighted by Gasteiger charge is -2.29. The Balaban J connectivity index is 3.98. The van der Waals surface area contributed by atoms with Gasteiger partial charge in [-0.05, 0) is 7.60 Å². The normalized spacial score (nSPS) is 12.8. The fraction of sp³-hybridized carbons (Fsp3) is 0.667. The zero-order valence-electron chi connectivity index (χ0n) is 5.42. The molecule has 0 aromatic rings. The summed E-state index contributed by atoms with van der Waals surface area (Å²) >= 11 is 0. The van der Waals surface area contributed by atoms with Crippen molar-refractivity contribution in [1.29, 1.82) is 0 Å². The van der Waals surface area contributed by atoms with Gasteiger partial charge in [-0.2, -0.15) is 13.2 Å². The number of carbonyl (C=O) groups is 1. The molecule has 0 bridgehead atoms. The van der Waals surface area contributed by atoms with Gasteiger partial charge in [-0.15, -0.1) is 0 Å². The third kappa shape index (κ3) is 5.11. The van der Waals surface area contributed by atoms with Crippen LogP contribution in [-0.2, 0) is 9.36 Å². The maximum Gasteiger partial charge on any atom is 0.471 e. The second-order valence-electron chi connectivity index (χ2n) is 1.77. The molecule has 1 N–H and O–H groups in total. The summed E-state index contributed by atoms with van der Waals surface area (Å²) in [5, 5.41) is 0.910. The van der Waals surface area contributed by atoms with Gasteiger partial charge in [0.05, 0.1) is 0 Å². The van der Waals surface area contributed by atoms with E-state index in [2.05, 4.69) is 0 Å². The summed E-state index contributed by atoms with van der Waals surface area (Å²) in [6, 6.07) is 0. The largest absolute Gasteiger partial charge is 0.810 e. The van der Waals surface area contributed by atoms with Gasteiger partial charge >= 0.3 is 12.1 Å². The third-order valence-electron chi connectivity index (χ3n) is 0.691. The molecule has 0 fully saturated rings. The molecule has 1 amide bonds. The Bertz CT molecular complexity index is 220. The number of halogens is 3. The number of hydrogen-bond acceptors (Lipinski definition) is 4. The first-order valence-electron chi connectivity index (χ1n) is 2.49. The van der Waals surface area contributed by atoms with E-state index in [-0.39, 0.29) is 0 Å². The number of amides is 1. The topological polar surface area (TPSA) is 92.3 Å². The highest BCUT2D eigenvalue weighted by Crippen LogP contribution is 2.21. The molecule has 0 saturated carbocycles. The molecule has 0 aliphatic rings. The van der Waals surface area contributed by atoms with Crippen LogP contribution in [0, 0.1) is 0 Å². The van der Waals surface area contributed by atoms with Gasteiger partial charge in [-0.1, -0.05) is 0 Å². The second-order valence-corrected chi connectivity index (χ2v) is 3.31. The Kier molecular flexibility index (Phi) is 3.25. The van der Waals surface area contributed by atoms with Gasteiger partial charge in [0, 0.05) is 6.29 Å². The SMILES string of the molecule is O=C(NCP(=O)([O-])[O-])C(F)(F)F. The van der Waals surface area contributed by atoms with E-state index in [1.807, 2.05) is 0 Å². The Morgan fingerprint density at radius 1 is 1.42 bits per heavy atom. The van der Waals surface area contributed by atoms with Crippen LogP contribution in [0.1, 0.15) is 0 Å². The van der Waals surface area contributed by atoms with Gasteiger partial charge in [0.1, 0.15) is 0 Å². The Hall–Kier alpha value is -0.590. The summed E-state index contributed by atoms with van der Waals surface area (Å²) in [5.74, 6) is -2.45. The molecule has 0 aliphatic heterocycles. The van der Waals surface area contributed by atoms with Crippen LogP contribution in [0.15, 0.2) is 0 Å². The monoisotopic (exact) mass is 205 g/mol. The van der Waals surface area contributed by atoms with Gasteiger partial charge in [0.25, 0.3) is 0 Å². The molecule has 9 heteroatoms. The van der Waals surface area contributed by atoms with E-state index in [0.717, 1.165) is 5.32 Å². The highest BCUT2D eigenvalue weighted by molar-refractivity contribution is 7.48. The fourth-order valence-electron chi connectivity index (χ4n) is 0.269. The van der Waals surface area contributed by atoms with E-state index in [4.69, 9.17) is 0 Å². The molecule has 0 unspecified atom stereocenters. The lowest BCUT2D eigenvalue weighted by Crippen LogP contribution is -2.39. The summed E-state index contributed by atoms with van der Waals surface area (Å²) in [7, 11) is -5.12. The lowest BCUT2D eigenvalue weighted by atomic mass is 10.6. The maximum atomic E-state index is 11.3. The minimum absolute atomic E-state index is 0.910. The summed E-state index contributed by atoms with van der Waals surface area (Å²) in [6.07, 6.45) is -6.71. The Morgan fingerprint density at radius 3 is 2.08 bits per heavy atom. The van der Waals surface area contributed by atoms with Crippen molar-refractivity contribution in [2.75, 3.05) is 6.29 Å². The molecular weight excluding hydrogens is 202 g/mol. The van der Waals surface area contributed by atoms with Crippen molar-refractivity contribution < 1.29 is 32.3 Å². The first-order valence-corrected chi connectivity index (χ1v) is 4.22. The molecule has 0 aromatic heterocycles. The average molecular weight is 205 g/mol. The third-order valence-corrected chi connectivity index (χ3v) is 1.24. The van der Waals surface area contributed by atoms with E-state index in [1.54, 1.807) is 0 Å². The van der Waals surface area contributed by atoms with Crippen LogP contribution < -0.4 is 15.1 Å². The first-order chi connectivity index (χ1) is 5.13. The zero-order valence-corrected chi connectivity index (χ0v) is 6.32. The Morgan fingerprint density at radius 2 is 1.83 bits per heavy atom. The number of nitrogens with one attached hydrogen (secondary N) is 1. The van der Waals surface area contributed by atoms with E-state index >= 15 is 0 Å². The quantitative estimate of drug-likeness (QED) is 0.557. The molecule has 0 atom stereocenters. The number of carbonyl (C=O) groups excluding carboxylic acids is 1. The van der Waals surface area contributed by atoms with Crippen molar-refractivity contribution in [2.24, 2.45) is 0 Å². The standard InChI is InChI=1S/C3H5F3NO4P/c4-3(5,6)2(8)7-1-12(9,10)11/h1H2,(H,7,8)(H2,9,10,11)/p-2. The minimum Gasteiger partial charge on any atom is -0.810 e. The second kappa shape index (κ2) is 3.42. The molecule has 0 radical (unpaired) electrons. The van der Waals surface area contributed by atoms with Crippen LogP contribution in [-0.4, -0.2) is 18.4 Å². The number of alkyl halides is 3. The number of hydrogen-bond donors (Lipinski definition) is 1. The molecule has 0 aromatic carbocycles. The van der Waals surface area contributed by atoms with Gasteiger partial charge in [-0.25, -0.2) is 0 Å². The average Bonchev–Trinajstić information content (AvgIpc) is 1.78. The summed E-state index contributed by atoms with van der Waals surface area (Å²) in [4.78, 5) is 29.4. The molecule has 72 valence electrons. The van der Waals surface area contributed by atoms with Crippen LogP contribution >= 0.6 is 7.60 Å². The molecule has 0 heterocycles. The Labute approximate surface area is 64.7 Å². The van der Waals surface area contributed by atoms with Crippen molar-refractivity contribution in [3.8, 4) is 0 Å². The lowest BCUT2D eigenvalue weighted by molar-refractivity contribution is -0.313. The first kappa shape index (κ1) is 11.4. The van der Waals surface area contributed by atoms with Crippen molar-refractivity contribution in [2.45, 2.75) is 6.18 Å². The molecule has 0 aliphatic carbocycles. The van der Waals surface area contributed by atoms with Crippen LogP contribution in [0.2, 0.25) is 0 Å². The van der Waals surface area contributed by atoms with Gasteiger partial charge in [-0.3, -0.25) is 4.79 Å². The summed E-state index contributed by atoms with van der Waals surface area (Å²) in [5.41, 5.74) is 0. The van der Waals surface area contributed by atoms with Crippen LogP contribution in [0.5, 0.6) is 0 Å². The van der Waals surface area contributed by atoms with Gasteiger partial charge in [0.15, 0.2) is 0 Å². The van der Waals surface area contributed by atoms with Crippen LogP contribution in [0.25, 0.3) is 0 Å². The van der Waals surface area contributed by atoms with E-state index < -0.39 is 26.0 Å². The summed E-state index contributed by atoms with van der Waals surface area (Å²) in [6.45, 7) is 0. The highest BCUT2D eigenvalue weighted by Gasteiger charge is 2.38. The molecule has 0 spiro atoms. The zero-order chi connectivity index (χ0) is 9.99. The van der Waals surface area contributed by atoms with Crippen molar-refractivity contribution >= 4 is 13.5 Å². The fourth-order valence-corrected chi connectivity index (χ4v) is 0.606. The summed E-state index contributed by atoms with van der Waals surface area (Å²) < 4.78 is 43.7. The predicted octanol–water partition coefficient (Wildman–Crippen LogP) is -1.46. The molecule has 0 saturated heterocycles. The molecule has 0 rings (SSSR count). The molecule has 12 heavy (non-hydrogen) atoms. The van der Waals surface area contributed by atoms with Gasteiger partial charge in [0.2, 0.25) is 0 Å². The van der Waals surface area contributed by atoms with Crippen molar-refractivity contribution in [1.82, 2.24) is 5.32 Å². The van der Waals surface area contributed by atoms with Crippen LogP contribution in [0.4, 0.5) is 13.2 Å².